The van der Waals surface area contributed by atoms with Crippen LogP contribution in [0.1, 0.15) is 39.0 Å². The van der Waals surface area contributed by atoms with Gasteiger partial charge >= 0.3 is 0 Å². The second kappa shape index (κ2) is 0.980. The maximum atomic E-state index is 2.49. The first-order valence-corrected chi connectivity index (χ1v) is 4.27. The van der Waals surface area contributed by atoms with Crippen molar-refractivity contribution in [2.75, 3.05) is 0 Å². The van der Waals surface area contributed by atoms with Gasteiger partial charge in [-0.25, -0.2) is 0 Å². The summed E-state index contributed by atoms with van der Waals surface area (Å²) in [5.41, 5.74) is 1.81. The van der Waals surface area contributed by atoms with Crippen molar-refractivity contribution in [1.82, 2.24) is 0 Å². The van der Waals surface area contributed by atoms with Gasteiger partial charge in [0.25, 0.3) is 0 Å². The molecular formula is C9H14. The molecule has 3 fully saturated rings. The van der Waals surface area contributed by atoms with Crippen molar-refractivity contribution in [2.24, 2.45) is 16.7 Å². The summed E-state index contributed by atoms with van der Waals surface area (Å²) in [4.78, 5) is 0. The Morgan fingerprint density at radius 1 is 1.44 bits per heavy atom. The van der Waals surface area contributed by atoms with E-state index in [0.717, 1.165) is 10.8 Å². The second-order valence-electron chi connectivity index (χ2n) is 4.69. The number of hydrogen-bond acceptors (Lipinski definition) is 0. The Balaban J connectivity index is 2.01. The lowest BCUT2D eigenvalue weighted by molar-refractivity contribution is 0.120. The molecule has 0 aromatic rings. The molecule has 0 nitrogen and oxygen atoms in total. The lowest BCUT2D eigenvalue weighted by Gasteiger charge is -2.37. The van der Waals surface area contributed by atoms with E-state index in [1.807, 2.05) is 0 Å². The molecule has 1 spiro atoms. The smallest absolute Gasteiger partial charge is 0.0209 e. The van der Waals surface area contributed by atoms with Gasteiger partial charge in [0, 0.05) is 0 Å². The van der Waals surface area contributed by atoms with E-state index in [-0.39, 0.29) is 0 Å². The fourth-order valence-corrected chi connectivity index (χ4v) is 3.81. The average molecular weight is 122 g/mol. The number of hydrogen-bond donors (Lipinski definition) is 0. The summed E-state index contributed by atoms with van der Waals surface area (Å²) in [6.07, 6.45) is 7.85. The lowest BCUT2D eigenvalue weighted by Crippen LogP contribution is -2.29. The van der Waals surface area contributed by atoms with Crippen LogP contribution in [0.2, 0.25) is 0 Å². The molecule has 0 heterocycles. The Morgan fingerprint density at radius 2 is 2.33 bits per heavy atom. The SMILES string of the molecule is CC12CC3CCCC31C2. The molecule has 0 radical (unpaired) electrons. The lowest BCUT2D eigenvalue weighted by atomic mass is 9.68. The second-order valence-corrected chi connectivity index (χ2v) is 4.69. The van der Waals surface area contributed by atoms with Crippen LogP contribution in [0, 0.1) is 16.7 Å². The summed E-state index contributed by atoms with van der Waals surface area (Å²) in [6.45, 7) is 2.49. The van der Waals surface area contributed by atoms with Crippen molar-refractivity contribution in [1.29, 1.82) is 0 Å². The average Bonchev–Trinajstić information content (AvgIpc) is 2.16. The molecule has 0 aromatic heterocycles. The third-order valence-electron chi connectivity index (χ3n) is 4.44. The van der Waals surface area contributed by atoms with Crippen molar-refractivity contribution in [3.8, 4) is 0 Å². The highest BCUT2D eigenvalue weighted by atomic mass is 14.8. The molecule has 3 aliphatic carbocycles. The van der Waals surface area contributed by atoms with Crippen molar-refractivity contribution in [3.63, 3.8) is 0 Å². The maximum Gasteiger partial charge on any atom is -0.0209 e. The predicted octanol–water partition coefficient (Wildman–Crippen LogP) is 2.59. The molecular weight excluding hydrogens is 108 g/mol. The molecule has 3 unspecified atom stereocenters. The van der Waals surface area contributed by atoms with Crippen molar-refractivity contribution in [3.05, 3.63) is 0 Å². The molecule has 3 saturated carbocycles. The van der Waals surface area contributed by atoms with E-state index in [1.165, 1.54) is 5.92 Å². The van der Waals surface area contributed by atoms with Gasteiger partial charge in [-0.15, -0.1) is 0 Å². The first kappa shape index (κ1) is 4.76. The molecule has 3 rings (SSSR count). The largest absolute Gasteiger partial charge is 0.0591 e. The monoisotopic (exact) mass is 122 g/mol. The van der Waals surface area contributed by atoms with Gasteiger partial charge in [-0.3, -0.25) is 0 Å². The summed E-state index contributed by atoms with van der Waals surface area (Å²) < 4.78 is 0. The van der Waals surface area contributed by atoms with E-state index in [4.69, 9.17) is 0 Å². The van der Waals surface area contributed by atoms with E-state index in [1.54, 1.807) is 32.1 Å². The van der Waals surface area contributed by atoms with Gasteiger partial charge < -0.3 is 0 Å². The van der Waals surface area contributed by atoms with Gasteiger partial charge in [0.15, 0.2) is 0 Å². The van der Waals surface area contributed by atoms with Gasteiger partial charge in [-0.2, -0.15) is 0 Å². The van der Waals surface area contributed by atoms with Crippen LogP contribution in [0.5, 0.6) is 0 Å². The Hall–Kier alpha value is 0. The quantitative estimate of drug-likeness (QED) is 0.463. The predicted molar refractivity (Wildman–Crippen MR) is 37.1 cm³/mol. The molecule has 0 aromatic carbocycles. The molecule has 3 aliphatic rings. The van der Waals surface area contributed by atoms with Gasteiger partial charge in [0.05, 0.1) is 0 Å². The highest BCUT2D eigenvalue weighted by molar-refractivity contribution is 5.25. The molecule has 0 aliphatic heterocycles. The van der Waals surface area contributed by atoms with E-state index in [0.29, 0.717) is 0 Å². The highest BCUT2D eigenvalue weighted by Crippen LogP contribution is 2.85. The Kier molecular flexibility index (Phi) is 0.518. The molecule has 9 heavy (non-hydrogen) atoms. The minimum atomic E-state index is 0.869. The van der Waals surface area contributed by atoms with Gasteiger partial charge in [-0.1, -0.05) is 13.3 Å². The van der Waals surface area contributed by atoms with E-state index in [9.17, 15) is 0 Å². The highest BCUT2D eigenvalue weighted by Gasteiger charge is 2.76. The van der Waals surface area contributed by atoms with E-state index in [2.05, 4.69) is 6.92 Å². The fraction of sp³-hybridized carbons (Fsp3) is 1.00. The molecule has 0 N–H and O–H groups in total. The van der Waals surface area contributed by atoms with Crippen molar-refractivity contribution in [2.45, 2.75) is 39.0 Å². The standard InChI is InChI=1S/C9H14/c1-8-5-7-3-2-4-9(7,8)6-8/h7H,2-6H2,1H3. The van der Waals surface area contributed by atoms with Gasteiger partial charge in [-0.05, 0) is 42.4 Å². The molecule has 3 atom stereocenters. The maximum absolute atomic E-state index is 2.49. The molecule has 0 saturated heterocycles. The minimum Gasteiger partial charge on any atom is -0.0591 e. The summed E-state index contributed by atoms with van der Waals surface area (Å²) in [5.74, 6) is 1.18. The summed E-state index contributed by atoms with van der Waals surface area (Å²) in [5, 5.41) is 0. The van der Waals surface area contributed by atoms with Crippen LogP contribution in [0.4, 0.5) is 0 Å². The van der Waals surface area contributed by atoms with Crippen LogP contribution in [0.25, 0.3) is 0 Å². The third kappa shape index (κ3) is 0.300. The van der Waals surface area contributed by atoms with Crippen LogP contribution >= 0.6 is 0 Å². The minimum absolute atomic E-state index is 0.869. The molecule has 0 amide bonds. The van der Waals surface area contributed by atoms with Crippen LogP contribution in [0.3, 0.4) is 0 Å². The summed E-state index contributed by atoms with van der Waals surface area (Å²) in [6, 6.07) is 0. The zero-order chi connectivity index (χ0) is 6.11. The van der Waals surface area contributed by atoms with Gasteiger partial charge in [0.2, 0.25) is 0 Å². The number of rotatable bonds is 0. The zero-order valence-corrected chi connectivity index (χ0v) is 6.11. The van der Waals surface area contributed by atoms with Crippen LogP contribution < -0.4 is 0 Å². The van der Waals surface area contributed by atoms with Crippen LogP contribution in [-0.4, -0.2) is 0 Å². The van der Waals surface area contributed by atoms with Crippen LogP contribution in [-0.2, 0) is 0 Å². The van der Waals surface area contributed by atoms with E-state index >= 15 is 0 Å². The first-order valence-electron chi connectivity index (χ1n) is 4.27. The van der Waals surface area contributed by atoms with E-state index < -0.39 is 0 Å². The fourth-order valence-electron chi connectivity index (χ4n) is 3.81. The first-order chi connectivity index (χ1) is 4.27. The van der Waals surface area contributed by atoms with Crippen molar-refractivity contribution >= 4 is 0 Å². The van der Waals surface area contributed by atoms with Crippen molar-refractivity contribution < 1.29 is 0 Å². The molecule has 50 valence electrons. The Bertz CT molecular complexity index is 165. The topological polar surface area (TPSA) is 0 Å². The Morgan fingerprint density at radius 3 is 2.78 bits per heavy atom. The van der Waals surface area contributed by atoms with Crippen LogP contribution in [0.15, 0.2) is 0 Å². The third-order valence-corrected chi connectivity index (χ3v) is 4.44. The summed E-state index contributed by atoms with van der Waals surface area (Å²) >= 11 is 0. The normalized spacial score (nSPS) is 68.3. The molecule has 0 bridgehead atoms. The summed E-state index contributed by atoms with van der Waals surface area (Å²) in [7, 11) is 0. The zero-order valence-electron chi connectivity index (χ0n) is 6.11. The molecule has 0 heteroatoms. The van der Waals surface area contributed by atoms with Gasteiger partial charge in [0.1, 0.15) is 0 Å². The Labute approximate surface area is 56.6 Å².